The number of hydrogen-bond acceptors (Lipinski definition) is 2. The first-order chi connectivity index (χ1) is 9.84. The molecule has 3 nitrogen and oxygen atoms in total. The summed E-state index contributed by atoms with van der Waals surface area (Å²) in [6.07, 6.45) is 5.55. The average Bonchev–Trinajstić information content (AvgIpc) is 3.17. The van der Waals surface area contributed by atoms with Crippen molar-refractivity contribution in [2.45, 2.75) is 38.1 Å². The number of hydrogen-bond donors (Lipinski definition) is 1. The highest BCUT2D eigenvalue weighted by atomic mass is 35.5. The van der Waals surface area contributed by atoms with Gasteiger partial charge in [-0.1, -0.05) is 30.3 Å². The lowest BCUT2D eigenvalue weighted by atomic mass is 10.0. The zero-order chi connectivity index (χ0) is 13.8. The highest BCUT2D eigenvalue weighted by Crippen LogP contribution is 2.25. The standard InChI is InChI=1S/C17H24N2O.ClH/c20-17(15-10-11-18-13-15)19-12-4-7-16(19)9-8-14-5-2-1-3-6-14;/h1-3,5-6,15-16,18H,4,7-13H2;1H. The van der Waals surface area contributed by atoms with Crippen LogP contribution in [0, 0.1) is 5.92 Å². The first kappa shape index (κ1) is 16.3. The largest absolute Gasteiger partial charge is 0.339 e. The summed E-state index contributed by atoms with van der Waals surface area (Å²) < 4.78 is 0. The van der Waals surface area contributed by atoms with E-state index in [-0.39, 0.29) is 18.3 Å². The molecule has 116 valence electrons. The van der Waals surface area contributed by atoms with Gasteiger partial charge in [-0.25, -0.2) is 0 Å². The Labute approximate surface area is 133 Å². The van der Waals surface area contributed by atoms with Crippen LogP contribution in [0.4, 0.5) is 0 Å². The fourth-order valence-corrected chi connectivity index (χ4v) is 3.50. The Kier molecular flexibility index (Phi) is 6.07. The summed E-state index contributed by atoms with van der Waals surface area (Å²) in [6, 6.07) is 11.1. The second-order valence-electron chi connectivity index (χ2n) is 6.04. The molecule has 2 aliphatic rings. The number of likely N-dealkylation sites (tertiary alicyclic amines) is 1. The van der Waals surface area contributed by atoms with E-state index in [9.17, 15) is 4.79 Å². The summed E-state index contributed by atoms with van der Waals surface area (Å²) in [6.45, 7) is 2.84. The number of nitrogens with one attached hydrogen (secondary N) is 1. The van der Waals surface area contributed by atoms with Crippen molar-refractivity contribution in [3.8, 4) is 0 Å². The maximum atomic E-state index is 12.6. The third kappa shape index (κ3) is 3.98. The predicted octanol–water partition coefficient (Wildman–Crippen LogP) is 2.64. The van der Waals surface area contributed by atoms with Gasteiger partial charge in [-0.2, -0.15) is 0 Å². The lowest BCUT2D eigenvalue weighted by Gasteiger charge is -2.27. The van der Waals surface area contributed by atoms with Gasteiger partial charge in [-0.3, -0.25) is 4.79 Å². The zero-order valence-electron chi connectivity index (χ0n) is 12.5. The Morgan fingerprint density at radius 2 is 2.05 bits per heavy atom. The van der Waals surface area contributed by atoms with Gasteiger partial charge >= 0.3 is 0 Å². The van der Waals surface area contributed by atoms with E-state index in [1.807, 2.05) is 0 Å². The van der Waals surface area contributed by atoms with E-state index in [2.05, 4.69) is 40.5 Å². The second kappa shape index (κ2) is 7.81. The summed E-state index contributed by atoms with van der Waals surface area (Å²) in [5, 5.41) is 3.30. The first-order valence-corrected chi connectivity index (χ1v) is 7.90. The molecule has 0 aromatic heterocycles. The van der Waals surface area contributed by atoms with Crippen molar-refractivity contribution in [1.82, 2.24) is 10.2 Å². The van der Waals surface area contributed by atoms with Gasteiger partial charge in [0.05, 0.1) is 5.92 Å². The summed E-state index contributed by atoms with van der Waals surface area (Å²) in [5.41, 5.74) is 1.38. The minimum absolute atomic E-state index is 0. The topological polar surface area (TPSA) is 32.3 Å². The Hall–Kier alpha value is -1.06. The van der Waals surface area contributed by atoms with E-state index < -0.39 is 0 Å². The average molecular weight is 309 g/mol. The number of benzene rings is 1. The molecule has 1 N–H and O–H groups in total. The number of rotatable bonds is 4. The Bertz CT molecular complexity index is 445. The summed E-state index contributed by atoms with van der Waals surface area (Å²) >= 11 is 0. The lowest BCUT2D eigenvalue weighted by Crippen LogP contribution is -2.40. The zero-order valence-corrected chi connectivity index (χ0v) is 13.3. The molecule has 2 heterocycles. The molecule has 1 amide bonds. The molecule has 0 saturated carbocycles. The Balaban J connectivity index is 0.00000161. The molecule has 1 aromatic rings. The van der Waals surface area contributed by atoms with Crippen molar-refractivity contribution < 1.29 is 4.79 Å². The molecular weight excluding hydrogens is 284 g/mol. The van der Waals surface area contributed by atoms with Crippen LogP contribution in [0.1, 0.15) is 31.2 Å². The number of nitrogens with zero attached hydrogens (tertiary/aromatic N) is 1. The molecule has 3 rings (SSSR count). The fraction of sp³-hybridized carbons (Fsp3) is 0.588. The van der Waals surface area contributed by atoms with Crippen LogP contribution in [0.5, 0.6) is 0 Å². The quantitative estimate of drug-likeness (QED) is 0.927. The van der Waals surface area contributed by atoms with Gasteiger partial charge in [0.25, 0.3) is 0 Å². The normalized spacial score (nSPS) is 24.9. The highest BCUT2D eigenvalue weighted by molar-refractivity contribution is 5.85. The first-order valence-electron chi connectivity index (χ1n) is 7.90. The summed E-state index contributed by atoms with van der Waals surface area (Å²) in [4.78, 5) is 14.7. The van der Waals surface area contributed by atoms with Crippen molar-refractivity contribution in [3.05, 3.63) is 35.9 Å². The van der Waals surface area contributed by atoms with E-state index in [1.54, 1.807) is 0 Å². The minimum atomic E-state index is 0. The van der Waals surface area contributed by atoms with Gasteiger partial charge in [0.1, 0.15) is 0 Å². The van der Waals surface area contributed by atoms with Crippen molar-refractivity contribution in [1.29, 1.82) is 0 Å². The molecule has 2 unspecified atom stereocenters. The van der Waals surface area contributed by atoms with Gasteiger partial charge in [0.15, 0.2) is 0 Å². The molecule has 4 heteroatoms. The van der Waals surface area contributed by atoms with Crippen LogP contribution in [0.3, 0.4) is 0 Å². The highest BCUT2D eigenvalue weighted by Gasteiger charge is 2.33. The monoisotopic (exact) mass is 308 g/mol. The number of carbonyl (C=O) groups excluding carboxylic acids is 1. The number of halogens is 1. The smallest absolute Gasteiger partial charge is 0.227 e. The van der Waals surface area contributed by atoms with E-state index in [1.165, 1.54) is 18.4 Å². The maximum Gasteiger partial charge on any atom is 0.227 e. The van der Waals surface area contributed by atoms with E-state index >= 15 is 0 Å². The number of carbonyl (C=O) groups is 1. The van der Waals surface area contributed by atoms with Crippen molar-refractivity contribution in [2.24, 2.45) is 5.92 Å². The van der Waals surface area contributed by atoms with Crippen LogP contribution in [-0.2, 0) is 11.2 Å². The van der Waals surface area contributed by atoms with Gasteiger partial charge in [-0.05, 0) is 44.2 Å². The third-order valence-corrected chi connectivity index (χ3v) is 4.68. The van der Waals surface area contributed by atoms with E-state index in [4.69, 9.17) is 0 Å². The lowest BCUT2D eigenvalue weighted by molar-refractivity contribution is -0.135. The molecule has 0 radical (unpaired) electrons. The van der Waals surface area contributed by atoms with Gasteiger partial charge in [0, 0.05) is 19.1 Å². The van der Waals surface area contributed by atoms with Gasteiger partial charge in [0.2, 0.25) is 5.91 Å². The van der Waals surface area contributed by atoms with Gasteiger partial charge < -0.3 is 10.2 Å². The molecule has 2 saturated heterocycles. The van der Waals surface area contributed by atoms with E-state index in [0.717, 1.165) is 38.9 Å². The number of amides is 1. The van der Waals surface area contributed by atoms with Crippen LogP contribution in [0.2, 0.25) is 0 Å². The molecule has 0 aliphatic carbocycles. The SMILES string of the molecule is Cl.O=C(C1CCNC1)N1CCCC1CCc1ccccc1. The van der Waals surface area contributed by atoms with Gasteiger partial charge in [-0.15, -0.1) is 12.4 Å². The van der Waals surface area contributed by atoms with Crippen LogP contribution in [0.25, 0.3) is 0 Å². The summed E-state index contributed by atoms with van der Waals surface area (Å²) in [7, 11) is 0. The Morgan fingerprint density at radius 3 is 2.76 bits per heavy atom. The molecule has 2 fully saturated rings. The van der Waals surface area contributed by atoms with E-state index in [0.29, 0.717) is 11.9 Å². The molecule has 21 heavy (non-hydrogen) atoms. The van der Waals surface area contributed by atoms with Crippen molar-refractivity contribution in [2.75, 3.05) is 19.6 Å². The summed E-state index contributed by atoms with van der Waals surface area (Å²) in [5.74, 6) is 0.623. The van der Waals surface area contributed by atoms with Crippen LogP contribution >= 0.6 is 12.4 Å². The third-order valence-electron chi connectivity index (χ3n) is 4.68. The second-order valence-corrected chi connectivity index (χ2v) is 6.04. The molecule has 0 bridgehead atoms. The molecule has 0 spiro atoms. The van der Waals surface area contributed by atoms with Crippen LogP contribution in [0.15, 0.2) is 30.3 Å². The molecule has 2 aliphatic heterocycles. The van der Waals surface area contributed by atoms with Crippen LogP contribution in [-0.4, -0.2) is 36.5 Å². The minimum Gasteiger partial charge on any atom is -0.339 e. The molecule has 2 atom stereocenters. The van der Waals surface area contributed by atoms with Crippen LogP contribution < -0.4 is 5.32 Å². The fourth-order valence-electron chi connectivity index (χ4n) is 3.50. The molecular formula is C17H25ClN2O. The predicted molar refractivity (Wildman–Crippen MR) is 87.7 cm³/mol. The molecule has 1 aromatic carbocycles. The van der Waals surface area contributed by atoms with Crippen molar-refractivity contribution in [3.63, 3.8) is 0 Å². The number of aryl methyl sites for hydroxylation is 1. The Morgan fingerprint density at radius 1 is 1.24 bits per heavy atom. The maximum absolute atomic E-state index is 12.6. The van der Waals surface area contributed by atoms with Crippen molar-refractivity contribution >= 4 is 18.3 Å².